The normalized spacial score (nSPS) is 28.0. The van der Waals surface area contributed by atoms with Crippen molar-refractivity contribution in [2.24, 2.45) is 17.6 Å². The van der Waals surface area contributed by atoms with Gasteiger partial charge in [-0.1, -0.05) is 0 Å². The number of rotatable bonds is 5. The van der Waals surface area contributed by atoms with Crippen LogP contribution in [0.1, 0.15) is 24.0 Å². The number of aliphatic hydroxyl groups excluding tert-OH is 2. The first-order chi connectivity index (χ1) is 18.8. The number of anilines is 2. The number of hydrazine groups is 1. The highest BCUT2D eigenvalue weighted by Crippen LogP contribution is 2.52. The number of nitrogens with one attached hydrogen (secondary N) is 2. The van der Waals surface area contributed by atoms with Gasteiger partial charge in [-0.05, 0) is 57.0 Å². The van der Waals surface area contributed by atoms with Crippen LogP contribution in [0.4, 0.5) is 16.2 Å². The minimum Gasteiger partial charge on any atom is -0.508 e. The molecule has 3 amide bonds. The summed E-state index contributed by atoms with van der Waals surface area (Å²) in [4.78, 5) is 55.2. The van der Waals surface area contributed by atoms with Crippen molar-refractivity contribution in [3.05, 3.63) is 40.2 Å². The number of likely N-dealkylation sites (N-methyl/N-ethyl adjacent to an activating group) is 1. The van der Waals surface area contributed by atoms with Gasteiger partial charge in [0.25, 0.3) is 5.91 Å². The van der Waals surface area contributed by atoms with Crippen molar-refractivity contribution in [3.63, 3.8) is 0 Å². The van der Waals surface area contributed by atoms with Gasteiger partial charge in [0.2, 0.25) is 5.78 Å². The predicted molar refractivity (Wildman–Crippen MR) is 145 cm³/mol. The minimum absolute atomic E-state index is 0.0663. The van der Waals surface area contributed by atoms with Crippen LogP contribution in [0.5, 0.6) is 0 Å². The third-order valence-corrected chi connectivity index (χ3v) is 8.41. The Morgan fingerprint density at radius 3 is 2.35 bits per heavy atom. The Labute approximate surface area is 230 Å². The number of urea groups is 1. The van der Waals surface area contributed by atoms with E-state index in [4.69, 9.17) is 5.73 Å². The van der Waals surface area contributed by atoms with Gasteiger partial charge < -0.3 is 31.3 Å². The minimum atomic E-state index is -2.64. The molecule has 1 heterocycles. The number of fused-ring (bicyclic) bond motifs is 3. The van der Waals surface area contributed by atoms with Crippen LogP contribution in [0, 0.1) is 11.8 Å². The molecule has 1 saturated heterocycles. The first-order valence-corrected chi connectivity index (χ1v) is 13.1. The SMILES string of the molecule is CN(C)c1cc(NC(=O)NN2CCC2)cc2c1CC1CC3[C@H](N(C)C)C(=O)C(C(N)=O)=C(O)[C@@]3(O)C(=O)C1=C2O. The van der Waals surface area contributed by atoms with Gasteiger partial charge in [0.15, 0.2) is 11.4 Å². The van der Waals surface area contributed by atoms with Gasteiger partial charge in [0, 0.05) is 55.6 Å². The number of nitrogens with zero attached hydrogens (tertiary/aromatic N) is 3. The number of carbonyl (C=O) groups excluding carboxylic acids is 4. The number of Topliss-reactive ketones (excluding diaryl/α,β-unsaturated/α-hetero) is 2. The highest BCUT2D eigenvalue weighted by Gasteiger charge is 2.64. The smallest absolute Gasteiger partial charge is 0.333 e. The van der Waals surface area contributed by atoms with Crippen molar-refractivity contribution in [2.45, 2.75) is 30.9 Å². The first-order valence-electron chi connectivity index (χ1n) is 13.1. The lowest BCUT2D eigenvalue weighted by molar-refractivity contribution is -0.153. The highest BCUT2D eigenvalue weighted by molar-refractivity contribution is 6.24. The molecule has 2 unspecified atom stereocenters. The molecular weight excluding hydrogens is 520 g/mol. The lowest BCUT2D eigenvalue weighted by Crippen LogP contribution is -2.65. The molecule has 0 aromatic heterocycles. The van der Waals surface area contributed by atoms with Crippen LogP contribution < -0.4 is 21.4 Å². The number of benzene rings is 1. The van der Waals surface area contributed by atoms with E-state index in [1.807, 2.05) is 19.0 Å². The fourth-order valence-electron chi connectivity index (χ4n) is 6.43. The van der Waals surface area contributed by atoms with E-state index < -0.39 is 64.1 Å². The molecule has 0 spiro atoms. The molecule has 40 heavy (non-hydrogen) atoms. The molecule has 13 nitrogen and oxygen atoms in total. The number of aliphatic hydroxyl groups is 3. The first kappa shape index (κ1) is 27.6. The van der Waals surface area contributed by atoms with Crippen LogP contribution in [0.2, 0.25) is 0 Å². The molecule has 1 aromatic carbocycles. The quantitative estimate of drug-likeness (QED) is 0.272. The Morgan fingerprint density at radius 1 is 1.12 bits per heavy atom. The lowest BCUT2D eigenvalue weighted by atomic mass is 9.57. The average Bonchev–Trinajstić information content (AvgIpc) is 2.83. The highest BCUT2D eigenvalue weighted by atomic mass is 16.3. The Balaban J connectivity index is 1.62. The zero-order chi connectivity index (χ0) is 29.3. The van der Waals surface area contributed by atoms with E-state index in [0.29, 0.717) is 23.4 Å². The summed E-state index contributed by atoms with van der Waals surface area (Å²) in [6, 6.07) is 1.76. The van der Waals surface area contributed by atoms with Gasteiger partial charge >= 0.3 is 6.03 Å². The molecule has 0 bridgehead atoms. The summed E-state index contributed by atoms with van der Waals surface area (Å²) in [5, 5.41) is 38.7. The van der Waals surface area contributed by atoms with Crippen molar-refractivity contribution in [2.75, 3.05) is 51.5 Å². The van der Waals surface area contributed by atoms with E-state index >= 15 is 0 Å². The summed E-state index contributed by atoms with van der Waals surface area (Å²) >= 11 is 0. The maximum Gasteiger partial charge on any atom is 0.333 e. The van der Waals surface area contributed by atoms with Crippen LogP contribution in [-0.4, -0.2) is 102 Å². The molecule has 13 heteroatoms. The number of carbonyl (C=O) groups is 4. The number of primary amides is 1. The van der Waals surface area contributed by atoms with Gasteiger partial charge in [0.05, 0.1) is 6.04 Å². The summed E-state index contributed by atoms with van der Waals surface area (Å²) in [5.41, 5.74) is 6.64. The van der Waals surface area contributed by atoms with Gasteiger partial charge in [-0.2, -0.15) is 0 Å². The Bertz CT molecular complexity index is 1400. The Morgan fingerprint density at radius 2 is 1.80 bits per heavy atom. The molecule has 4 aliphatic rings. The maximum atomic E-state index is 14.0. The molecule has 214 valence electrons. The van der Waals surface area contributed by atoms with E-state index in [0.717, 1.165) is 25.1 Å². The standard InChI is InChI=1S/C27H34N6O7/c1-31(2)17-11-13(29-26(39)30-33-6-5-7-33)10-15-14(17)8-12-9-16-20(32(3)4)22(35)19(25(28)38)24(37)27(16,40)23(36)18(12)21(15)34/h10-12,16,20,34,37,40H,5-9H2,1-4H3,(H2,28,38)(H2,29,30,39)/t12?,16?,20-,27-/m0/s1. The average molecular weight is 555 g/mol. The predicted octanol–water partition coefficient (Wildman–Crippen LogP) is 0.0666. The fraction of sp³-hybridized carbons (Fsp3) is 0.481. The summed E-state index contributed by atoms with van der Waals surface area (Å²) in [5.74, 6) is -6.19. The fourth-order valence-corrected chi connectivity index (χ4v) is 6.43. The third kappa shape index (κ3) is 4.03. The molecule has 4 atom stereocenters. The van der Waals surface area contributed by atoms with Crippen LogP contribution in [0.25, 0.3) is 5.76 Å². The van der Waals surface area contributed by atoms with Gasteiger partial charge in [-0.15, -0.1) is 0 Å². The summed E-state index contributed by atoms with van der Waals surface area (Å²) < 4.78 is 0. The van der Waals surface area contributed by atoms with Crippen molar-refractivity contribution < 1.29 is 34.5 Å². The molecule has 1 aromatic rings. The summed E-state index contributed by atoms with van der Waals surface area (Å²) in [7, 11) is 6.78. The molecule has 7 N–H and O–H groups in total. The number of nitrogens with two attached hydrogens (primary N) is 1. The van der Waals surface area contributed by atoms with Crippen molar-refractivity contribution >= 4 is 40.6 Å². The van der Waals surface area contributed by atoms with Gasteiger partial charge in [-0.3, -0.25) is 24.7 Å². The van der Waals surface area contributed by atoms with Crippen molar-refractivity contribution in [1.29, 1.82) is 0 Å². The van der Waals surface area contributed by atoms with Crippen LogP contribution in [-0.2, 0) is 20.8 Å². The second-order valence-corrected chi connectivity index (χ2v) is 11.3. The van der Waals surface area contributed by atoms with Crippen LogP contribution >= 0.6 is 0 Å². The number of amides is 3. The Hall–Kier alpha value is -3.94. The van der Waals surface area contributed by atoms with E-state index in [1.54, 1.807) is 31.2 Å². The second kappa shape index (κ2) is 9.61. The molecule has 2 fully saturated rings. The van der Waals surface area contributed by atoms with Crippen molar-refractivity contribution in [3.8, 4) is 0 Å². The van der Waals surface area contributed by atoms with E-state index in [1.165, 1.54) is 4.90 Å². The molecule has 3 aliphatic carbocycles. The van der Waals surface area contributed by atoms with Crippen LogP contribution in [0.15, 0.2) is 29.0 Å². The number of hydrogen-bond donors (Lipinski definition) is 6. The Kier molecular flexibility index (Phi) is 6.63. The summed E-state index contributed by atoms with van der Waals surface area (Å²) in [6.45, 7) is 1.50. The van der Waals surface area contributed by atoms with E-state index in [9.17, 15) is 34.5 Å². The third-order valence-electron chi connectivity index (χ3n) is 8.41. The molecule has 1 aliphatic heterocycles. The maximum absolute atomic E-state index is 14.0. The van der Waals surface area contributed by atoms with Gasteiger partial charge in [0.1, 0.15) is 17.1 Å². The molecule has 0 radical (unpaired) electrons. The van der Waals surface area contributed by atoms with Crippen LogP contribution in [0.3, 0.4) is 0 Å². The second-order valence-electron chi connectivity index (χ2n) is 11.3. The van der Waals surface area contributed by atoms with E-state index in [2.05, 4.69) is 10.7 Å². The molecular formula is C27H34N6O7. The zero-order valence-electron chi connectivity index (χ0n) is 22.8. The summed E-state index contributed by atoms with van der Waals surface area (Å²) in [6.07, 6.45) is 1.35. The zero-order valence-corrected chi connectivity index (χ0v) is 22.8. The topological polar surface area (TPSA) is 189 Å². The van der Waals surface area contributed by atoms with Crippen molar-refractivity contribution in [1.82, 2.24) is 15.3 Å². The molecule has 1 saturated carbocycles. The molecule has 5 rings (SSSR count). The lowest BCUT2D eigenvalue weighted by Gasteiger charge is -2.50. The number of hydrogen-bond acceptors (Lipinski definition) is 10. The monoisotopic (exact) mass is 554 g/mol. The van der Waals surface area contributed by atoms with E-state index in [-0.39, 0.29) is 12.0 Å². The largest absolute Gasteiger partial charge is 0.508 e. The number of ketones is 2. The van der Waals surface area contributed by atoms with Gasteiger partial charge in [-0.25, -0.2) is 9.80 Å².